The van der Waals surface area contributed by atoms with Gasteiger partial charge < -0.3 is 10.0 Å². The maximum absolute atomic E-state index is 10.9. The van der Waals surface area contributed by atoms with Gasteiger partial charge in [-0.05, 0) is 12.1 Å². The molecule has 0 atom stereocenters. The highest BCUT2D eigenvalue weighted by molar-refractivity contribution is 6.30. The Morgan fingerprint density at radius 2 is 2.28 bits per heavy atom. The molecule has 0 radical (unpaired) electrons. The number of carbonyl (C=O) groups is 1. The van der Waals surface area contributed by atoms with Crippen LogP contribution in [0.3, 0.4) is 0 Å². The van der Waals surface area contributed by atoms with Crippen LogP contribution < -0.4 is 4.90 Å². The average Bonchev–Trinajstić information content (AvgIpc) is 2.27. The highest BCUT2D eigenvalue weighted by atomic mass is 35.5. The molecule has 0 heterocycles. The van der Waals surface area contributed by atoms with E-state index in [4.69, 9.17) is 16.7 Å². The Morgan fingerprint density at radius 1 is 1.61 bits per heavy atom. The van der Waals surface area contributed by atoms with Gasteiger partial charge in [0.15, 0.2) is 0 Å². The number of benzene rings is 1. The second-order valence-corrected chi connectivity index (χ2v) is 3.89. The molecule has 0 saturated heterocycles. The second-order valence-electron chi connectivity index (χ2n) is 3.45. The van der Waals surface area contributed by atoms with Crippen LogP contribution in [-0.4, -0.2) is 29.1 Å². The quantitative estimate of drug-likeness (QED) is 0.487. The number of rotatable bonds is 6. The van der Waals surface area contributed by atoms with Gasteiger partial charge in [-0.2, -0.15) is 0 Å². The number of nitro benzene ring substituents is 1. The van der Waals surface area contributed by atoms with E-state index in [0.717, 1.165) is 0 Å². The second kappa shape index (κ2) is 6.02. The first-order chi connectivity index (χ1) is 8.45. The molecule has 0 aromatic heterocycles. The monoisotopic (exact) mass is 270 g/mol. The fraction of sp³-hybridized carbons (Fsp3) is 0.182. The molecule has 1 aromatic rings. The zero-order valence-corrected chi connectivity index (χ0v) is 10.1. The lowest BCUT2D eigenvalue weighted by atomic mass is 10.2. The van der Waals surface area contributed by atoms with Crippen molar-refractivity contribution in [1.29, 1.82) is 0 Å². The number of hydrogen-bond acceptors (Lipinski definition) is 4. The summed E-state index contributed by atoms with van der Waals surface area (Å²) in [5, 5.41) is 19.9. The molecule has 0 aliphatic heterocycles. The van der Waals surface area contributed by atoms with Gasteiger partial charge in [-0.25, -0.2) is 0 Å². The van der Waals surface area contributed by atoms with E-state index in [2.05, 4.69) is 6.58 Å². The molecule has 7 heteroatoms. The van der Waals surface area contributed by atoms with Crippen molar-refractivity contribution in [1.82, 2.24) is 0 Å². The Balaban J connectivity index is 3.21. The van der Waals surface area contributed by atoms with E-state index in [1.54, 1.807) is 0 Å². The number of carboxylic acid groups (broad SMARTS) is 1. The molecule has 0 bridgehead atoms. The van der Waals surface area contributed by atoms with Crippen molar-refractivity contribution in [2.75, 3.05) is 18.0 Å². The normalized spacial score (nSPS) is 9.83. The molecular formula is C11H11ClN2O4. The van der Waals surface area contributed by atoms with Crippen molar-refractivity contribution in [3.05, 3.63) is 46.0 Å². The standard InChI is InChI=1S/C11H11ClN2O4/c1-2-5-13(7-11(15)16)9-4-3-8(12)6-10(9)14(17)18/h2-4,6H,1,5,7H2,(H,15,16). The van der Waals surface area contributed by atoms with Crippen LogP contribution in [0.1, 0.15) is 0 Å². The van der Waals surface area contributed by atoms with Gasteiger partial charge in [0.1, 0.15) is 12.2 Å². The van der Waals surface area contributed by atoms with Crippen LogP contribution in [0.4, 0.5) is 11.4 Å². The van der Waals surface area contributed by atoms with E-state index in [1.807, 2.05) is 0 Å². The number of nitrogens with zero attached hydrogens (tertiary/aromatic N) is 2. The Bertz CT molecular complexity index is 490. The van der Waals surface area contributed by atoms with Gasteiger partial charge in [-0.15, -0.1) is 6.58 Å². The number of carboxylic acids is 1. The summed E-state index contributed by atoms with van der Waals surface area (Å²) in [6.07, 6.45) is 1.47. The molecule has 0 spiro atoms. The maximum Gasteiger partial charge on any atom is 0.323 e. The Hall–Kier alpha value is -2.08. The van der Waals surface area contributed by atoms with Crippen LogP contribution in [0, 0.1) is 10.1 Å². The van der Waals surface area contributed by atoms with E-state index in [0.29, 0.717) is 0 Å². The molecule has 0 saturated carbocycles. The first-order valence-corrected chi connectivity index (χ1v) is 5.35. The number of halogens is 1. The van der Waals surface area contributed by atoms with Gasteiger partial charge in [0.25, 0.3) is 5.69 Å². The molecule has 1 aromatic carbocycles. The van der Waals surface area contributed by atoms with Crippen LogP contribution in [-0.2, 0) is 4.79 Å². The van der Waals surface area contributed by atoms with Crippen LogP contribution in [0.15, 0.2) is 30.9 Å². The number of hydrogen-bond donors (Lipinski definition) is 1. The number of anilines is 1. The summed E-state index contributed by atoms with van der Waals surface area (Å²) in [4.78, 5) is 22.4. The predicted octanol–water partition coefficient (Wildman–Crippen LogP) is 2.33. The van der Waals surface area contributed by atoms with Crippen molar-refractivity contribution in [3.63, 3.8) is 0 Å². The summed E-state index contributed by atoms with van der Waals surface area (Å²) in [7, 11) is 0. The summed E-state index contributed by atoms with van der Waals surface area (Å²) in [6.45, 7) is 3.33. The lowest BCUT2D eigenvalue weighted by Gasteiger charge is -2.20. The van der Waals surface area contributed by atoms with Gasteiger partial charge in [0.2, 0.25) is 0 Å². The van der Waals surface area contributed by atoms with E-state index in [-0.39, 0.29) is 29.5 Å². The molecule has 1 N–H and O–H groups in total. The van der Waals surface area contributed by atoms with Crippen molar-refractivity contribution in [2.45, 2.75) is 0 Å². The minimum Gasteiger partial charge on any atom is -0.480 e. The minimum absolute atomic E-state index is 0.189. The van der Waals surface area contributed by atoms with Gasteiger partial charge >= 0.3 is 5.97 Å². The first kappa shape index (κ1) is 14.0. The molecule has 0 aliphatic carbocycles. The highest BCUT2D eigenvalue weighted by Crippen LogP contribution is 2.30. The summed E-state index contributed by atoms with van der Waals surface area (Å²) in [6, 6.07) is 4.09. The van der Waals surface area contributed by atoms with Crippen molar-refractivity contribution in [3.8, 4) is 0 Å². The lowest BCUT2D eigenvalue weighted by Crippen LogP contribution is -2.30. The van der Waals surface area contributed by atoms with Crippen molar-refractivity contribution < 1.29 is 14.8 Å². The lowest BCUT2D eigenvalue weighted by molar-refractivity contribution is -0.384. The fourth-order valence-corrected chi connectivity index (χ4v) is 1.64. The summed E-state index contributed by atoms with van der Waals surface area (Å²) < 4.78 is 0. The Morgan fingerprint density at radius 3 is 2.78 bits per heavy atom. The van der Waals surface area contributed by atoms with Crippen LogP contribution in [0.2, 0.25) is 5.02 Å². The number of aliphatic carboxylic acids is 1. The molecule has 0 aliphatic rings. The van der Waals surface area contributed by atoms with Gasteiger partial charge in [-0.3, -0.25) is 14.9 Å². The van der Waals surface area contributed by atoms with Gasteiger partial charge in [0, 0.05) is 17.6 Å². The van der Waals surface area contributed by atoms with E-state index >= 15 is 0 Å². The molecule has 18 heavy (non-hydrogen) atoms. The minimum atomic E-state index is -1.08. The molecule has 0 unspecified atom stereocenters. The van der Waals surface area contributed by atoms with E-state index < -0.39 is 10.9 Å². The summed E-state index contributed by atoms with van der Waals surface area (Å²) in [5.41, 5.74) is -0.0303. The molecule has 0 fully saturated rings. The summed E-state index contributed by atoms with van der Waals surface area (Å²) >= 11 is 5.69. The maximum atomic E-state index is 10.9. The van der Waals surface area contributed by atoms with Crippen molar-refractivity contribution >= 4 is 28.9 Å². The molecule has 1 rings (SSSR count). The molecule has 0 amide bonds. The fourth-order valence-electron chi connectivity index (χ4n) is 1.48. The largest absolute Gasteiger partial charge is 0.480 e. The Labute approximate surface area is 108 Å². The Kier molecular flexibility index (Phi) is 4.67. The molecule has 96 valence electrons. The van der Waals surface area contributed by atoms with Gasteiger partial charge in [0.05, 0.1) is 4.92 Å². The predicted molar refractivity (Wildman–Crippen MR) is 68.2 cm³/mol. The molecule has 6 nitrogen and oxygen atoms in total. The summed E-state index contributed by atoms with van der Waals surface area (Å²) in [5.74, 6) is -1.08. The molecular weight excluding hydrogens is 260 g/mol. The SMILES string of the molecule is C=CCN(CC(=O)O)c1ccc(Cl)cc1[N+](=O)[O-]. The number of nitro groups is 1. The van der Waals surface area contributed by atoms with Crippen LogP contribution >= 0.6 is 11.6 Å². The third kappa shape index (κ3) is 3.46. The van der Waals surface area contributed by atoms with Crippen LogP contribution in [0.25, 0.3) is 0 Å². The highest BCUT2D eigenvalue weighted by Gasteiger charge is 2.20. The van der Waals surface area contributed by atoms with Gasteiger partial charge in [-0.1, -0.05) is 17.7 Å². The topological polar surface area (TPSA) is 83.7 Å². The third-order valence-electron chi connectivity index (χ3n) is 2.15. The van der Waals surface area contributed by atoms with Crippen molar-refractivity contribution in [2.24, 2.45) is 0 Å². The smallest absolute Gasteiger partial charge is 0.323 e. The average molecular weight is 271 g/mol. The van der Waals surface area contributed by atoms with E-state index in [1.165, 1.54) is 29.2 Å². The van der Waals surface area contributed by atoms with E-state index in [9.17, 15) is 14.9 Å². The zero-order chi connectivity index (χ0) is 13.7. The third-order valence-corrected chi connectivity index (χ3v) is 2.39. The zero-order valence-electron chi connectivity index (χ0n) is 9.38. The van der Waals surface area contributed by atoms with Crippen LogP contribution in [0.5, 0.6) is 0 Å². The first-order valence-electron chi connectivity index (χ1n) is 4.97.